The van der Waals surface area contributed by atoms with Gasteiger partial charge in [-0.1, -0.05) is 12.1 Å². The van der Waals surface area contributed by atoms with E-state index in [2.05, 4.69) is 16.1 Å². The van der Waals surface area contributed by atoms with Crippen LogP contribution in [0.4, 0.5) is 13.2 Å². The molecule has 4 aromatic rings. The maximum absolute atomic E-state index is 12.9. The van der Waals surface area contributed by atoms with Crippen molar-refractivity contribution in [3.8, 4) is 16.9 Å². The second-order valence-corrected chi connectivity index (χ2v) is 7.52. The van der Waals surface area contributed by atoms with E-state index in [1.807, 2.05) is 47.1 Å². The second-order valence-electron chi connectivity index (χ2n) is 7.52. The lowest BCUT2D eigenvalue weighted by molar-refractivity contribution is -0.192. The molecule has 1 N–H and O–H groups in total. The summed E-state index contributed by atoms with van der Waals surface area (Å²) in [5.41, 5.74) is 3.57. The summed E-state index contributed by atoms with van der Waals surface area (Å²) in [5, 5.41) is 13.0. The van der Waals surface area contributed by atoms with Gasteiger partial charge in [-0.15, -0.1) is 0 Å². The zero-order chi connectivity index (χ0) is 25.0. The van der Waals surface area contributed by atoms with Crippen molar-refractivity contribution in [3.63, 3.8) is 0 Å². The van der Waals surface area contributed by atoms with Gasteiger partial charge in [-0.3, -0.25) is 14.6 Å². The Hall–Kier alpha value is -4.19. The van der Waals surface area contributed by atoms with Crippen LogP contribution in [0.25, 0.3) is 22.5 Å². The van der Waals surface area contributed by atoms with Crippen LogP contribution in [0.15, 0.2) is 67.3 Å². The highest BCUT2D eigenvalue weighted by Gasteiger charge is 2.38. The van der Waals surface area contributed by atoms with Gasteiger partial charge >= 0.3 is 12.1 Å². The number of aromatic nitrogens is 4. The van der Waals surface area contributed by atoms with Crippen LogP contribution < -0.4 is 0 Å². The van der Waals surface area contributed by atoms with Gasteiger partial charge in [0.25, 0.3) is 5.91 Å². The third kappa shape index (κ3) is 5.32. The average molecular weight is 487 g/mol. The highest BCUT2D eigenvalue weighted by molar-refractivity contribution is 5.92. The van der Waals surface area contributed by atoms with Gasteiger partial charge in [0.05, 0.1) is 12.8 Å². The molecule has 12 heteroatoms. The fourth-order valence-electron chi connectivity index (χ4n) is 3.50. The third-order valence-corrected chi connectivity index (χ3v) is 5.18. The van der Waals surface area contributed by atoms with Crippen LogP contribution in [0.2, 0.25) is 0 Å². The largest absolute Gasteiger partial charge is 0.490 e. The molecule has 1 amide bonds. The Kier molecular flexibility index (Phi) is 6.82. The maximum atomic E-state index is 12.9. The number of fused-ring (bicyclic) bond motifs is 1. The van der Waals surface area contributed by atoms with Crippen LogP contribution in [0.5, 0.6) is 0 Å². The topological polar surface area (TPSA) is 102 Å². The number of aliphatic carboxylic acids is 1. The standard InChI is InChI=1S/C21H19N5O2.C2HF3O2/c27-21(25-12-1-2-13-28-25)19-9-11-23-26(19)20-8-7-18-6-5-17(15-24(18)20)16-4-3-10-22-14-16;3-2(4,5)1(6)7/h3-11,14-15H,1-2,12-13H2;(H,6,7). The summed E-state index contributed by atoms with van der Waals surface area (Å²) in [6.45, 7) is 1.17. The van der Waals surface area contributed by atoms with E-state index < -0.39 is 12.1 Å². The van der Waals surface area contributed by atoms with Crippen molar-refractivity contribution in [2.45, 2.75) is 19.0 Å². The number of hydrogen-bond donors (Lipinski definition) is 1. The van der Waals surface area contributed by atoms with Crippen molar-refractivity contribution in [1.29, 1.82) is 0 Å². The molecule has 1 aliphatic rings. The van der Waals surface area contributed by atoms with E-state index in [0.717, 1.165) is 35.3 Å². The lowest BCUT2D eigenvalue weighted by Crippen LogP contribution is -2.36. The highest BCUT2D eigenvalue weighted by Crippen LogP contribution is 2.23. The molecule has 0 saturated carbocycles. The number of nitrogens with zero attached hydrogens (tertiary/aromatic N) is 5. The van der Waals surface area contributed by atoms with Gasteiger partial charge in [-0.05, 0) is 48.7 Å². The smallest absolute Gasteiger partial charge is 0.475 e. The summed E-state index contributed by atoms with van der Waals surface area (Å²) in [5.74, 6) is -2.13. The second kappa shape index (κ2) is 9.97. The molecule has 1 aliphatic heterocycles. The van der Waals surface area contributed by atoms with Gasteiger partial charge in [0, 0.05) is 36.2 Å². The fraction of sp³-hybridized carbons (Fsp3) is 0.217. The molecule has 0 bridgehead atoms. The number of hydrogen-bond acceptors (Lipinski definition) is 5. The van der Waals surface area contributed by atoms with Gasteiger partial charge in [-0.25, -0.2) is 14.5 Å². The Morgan fingerprint density at radius 2 is 1.77 bits per heavy atom. The maximum Gasteiger partial charge on any atom is 0.490 e. The predicted octanol–water partition coefficient (Wildman–Crippen LogP) is 3.99. The minimum atomic E-state index is -5.08. The molecule has 9 nitrogen and oxygen atoms in total. The monoisotopic (exact) mass is 487 g/mol. The molecule has 0 aromatic carbocycles. The number of rotatable bonds is 3. The number of carboxylic acid groups (broad SMARTS) is 1. The zero-order valence-corrected chi connectivity index (χ0v) is 18.2. The van der Waals surface area contributed by atoms with Crippen LogP contribution >= 0.6 is 0 Å². The lowest BCUT2D eigenvalue weighted by atomic mass is 10.1. The van der Waals surface area contributed by atoms with Crippen molar-refractivity contribution >= 4 is 17.4 Å². The first-order valence-electron chi connectivity index (χ1n) is 10.6. The van der Waals surface area contributed by atoms with Gasteiger partial charge < -0.3 is 9.51 Å². The Balaban J connectivity index is 0.000000364. The summed E-state index contributed by atoms with van der Waals surface area (Å²) < 4.78 is 35.4. The molecule has 1 fully saturated rings. The molecular weight excluding hydrogens is 467 g/mol. The van der Waals surface area contributed by atoms with Crippen molar-refractivity contribution in [2.24, 2.45) is 0 Å². The molecule has 5 rings (SSSR count). The van der Waals surface area contributed by atoms with Crippen LogP contribution in [-0.4, -0.2) is 60.5 Å². The van der Waals surface area contributed by atoms with Gasteiger partial charge in [0.2, 0.25) is 0 Å². The SMILES string of the molecule is O=C(O)C(F)(F)F.O=C(c1ccnn1-c1ccc2ccc(-c3cccnc3)cn12)N1CCCCO1. The van der Waals surface area contributed by atoms with E-state index >= 15 is 0 Å². The van der Waals surface area contributed by atoms with E-state index in [1.54, 1.807) is 23.1 Å². The summed E-state index contributed by atoms with van der Waals surface area (Å²) in [6, 6.07) is 13.7. The van der Waals surface area contributed by atoms with Crippen molar-refractivity contribution in [1.82, 2.24) is 24.2 Å². The molecule has 35 heavy (non-hydrogen) atoms. The molecular formula is C23H20F3N5O4. The van der Waals surface area contributed by atoms with E-state index in [0.29, 0.717) is 18.8 Å². The lowest BCUT2D eigenvalue weighted by Gasteiger charge is -2.25. The molecule has 4 aromatic heterocycles. The van der Waals surface area contributed by atoms with E-state index in [-0.39, 0.29) is 5.91 Å². The molecule has 182 valence electrons. The molecule has 0 aliphatic carbocycles. The van der Waals surface area contributed by atoms with Crippen LogP contribution in [-0.2, 0) is 9.63 Å². The van der Waals surface area contributed by atoms with Crippen molar-refractivity contribution < 1.29 is 32.7 Å². The van der Waals surface area contributed by atoms with Crippen molar-refractivity contribution in [3.05, 3.63) is 72.9 Å². The van der Waals surface area contributed by atoms with Gasteiger partial charge in [0.1, 0.15) is 11.5 Å². The number of pyridine rings is 2. The molecule has 0 unspecified atom stereocenters. The van der Waals surface area contributed by atoms with Crippen LogP contribution in [0.1, 0.15) is 23.3 Å². The minimum absolute atomic E-state index is 0.171. The van der Waals surface area contributed by atoms with Gasteiger partial charge in [-0.2, -0.15) is 18.3 Å². The first-order valence-corrected chi connectivity index (χ1v) is 10.6. The Morgan fingerprint density at radius 3 is 2.43 bits per heavy atom. The van der Waals surface area contributed by atoms with Crippen LogP contribution in [0.3, 0.4) is 0 Å². The number of carbonyl (C=O) groups is 2. The van der Waals surface area contributed by atoms with Crippen LogP contribution in [0, 0.1) is 0 Å². The Bertz CT molecular complexity index is 1330. The molecule has 0 radical (unpaired) electrons. The zero-order valence-electron chi connectivity index (χ0n) is 18.2. The summed E-state index contributed by atoms with van der Waals surface area (Å²) >= 11 is 0. The number of amides is 1. The number of carboxylic acids is 1. The average Bonchev–Trinajstić information content (AvgIpc) is 3.51. The van der Waals surface area contributed by atoms with E-state index in [1.165, 1.54) is 5.06 Å². The predicted molar refractivity (Wildman–Crippen MR) is 118 cm³/mol. The first-order chi connectivity index (χ1) is 16.8. The Morgan fingerprint density at radius 1 is 1.00 bits per heavy atom. The molecule has 0 atom stereocenters. The summed E-state index contributed by atoms with van der Waals surface area (Å²) in [7, 11) is 0. The number of halogens is 3. The minimum Gasteiger partial charge on any atom is -0.475 e. The molecule has 0 spiro atoms. The third-order valence-electron chi connectivity index (χ3n) is 5.18. The van der Waals surface area contributed by atoms with Crippen molar-refractivity contribution in [2.75, 3.05) is 13.2 Å². The van der Waals surface area contributed by atoms with Gasteiger partial charge in [0.15, 0.2) is 0 Å². The molecule has 1 saturated heterocycles. The highest BCUT2D eigenvalue weighted by atomic mass is 19.4. The quantitative estimate of drug-likeness (QED) is 0.469. The normalized spacial score (nSPS) is 13.9. The fourth-order valence-corrected chi connectivity index (χ4v) is 3.50. The summed E-state index contributed by atoms with van der Waals surface area (Å²) in [4.78, 5) is 31.5. The molecule has 5 heterocycles. The Labute approximate surface area is 196 Å². The number of hydroxylamine groups is 2. The van der Waals surface area contributed by atoms with E-state index in [4.69, 9.17) is 14.7 Å². The summed E-state index contributed by atoms with van der Waals surface area (Å²) in [6.07, 6.45) is 4.11. The van der Waals surface area contributed by atoms with E-state index in [9.17, 15) is 18.0 Å². The number of carbonyl (C=O) groups excluding carboxylic acids is 1. The number of alkyl halides is 3. The first kappa shape index (κ1) is 24.0.